The van der Waals surface area contributed by atoms with E-state index in [2.05, 4.69) is 4.74 Å². The highest BCUT2D eigenvalue weighted by atomic mass is 16.6. The Balaban J connectivity index is 2.07. The van der Waals surface area contributed by atoms with E-state index in [0.29, 0.717) is 5.56 Å². The third-order valence-corrected chi connectivity index (χ3v) is 2.61. The highest BCUT2D eigenvalue weighted by Gasteiger charge is 2.04. The molecule has 0 radical (unpaired) electrons. The van der Waals surface area contributed by atoms with Crippen LogP contribution in [0.1, 0.15) is 21.5 Å². The predicted molar refractivity (Wildman–Crippen MR) is 74.3 cm³/mol. The number of hydrogen-bond acceptors (Lipinski definition) is 3. The quantitative estimate of drug-likeness (QED) is 0.518. The molecule has 0 bridgehead atoms. The van der Waals surface area contributed by atoms with Gasteiger partial charge in [-0.25, -0.2) is 4.79 Å². The lowest BCUT2D eigenvalue weighted by atomic mass is 10.1. The largest absolute Gasteiger partial charge is 0.435 e. The Morgan fingerprint density at radius 2 is 1.53 bits per heavy atom. The van der Waals surface area contributed by atoms with Crippen LogP contribution in [0.15, 0.2) is 54.6 Å². The van der Waals surface area contributed by atoms with Gasteiger partial charge in [-0.05, 0) is 23.3 Å². The molecule has 1 N–H and O–H groups in total. The third-order valence-electron chi connectivity index (χ3n) is 2.61. The van der Waals surface area contributed by atoms with Crippen LogP contribution in [0.25, 0.3) is 12.2 Å². The van der Waals surface area contributed by atoms with Gasteiger partial charge in [0.25, 0.3) is 0 Å². The molecule has 3 heteroatoms. The predicted octanol–water partition coefficient (Wildman–Crippen LogP) is 2.96. The van der Waals surface area contributed by atoms with Crippen LogP contribution in [0.2, 0.25) is 0 Å². The van der Waals surface area contributed by atoms with Gasteiger partial charge in [-0.3, -0.25) is 0 Å². The van der Waals surface area contributed by atoms with Crippen molar-refractivity contribution in [3.05, 3.63) is 71.3 Å². The van der Waals surface area contributed by atoms with E-state index in [1.165, 1.54) is 0 Å². The fourth-order valence-corrected chi connectivity index (χ4v) is 1.63. The van der Waals surface area contributed by atoms with Gasteiger partial charge in [0.1, 0.15) is 0 Å². The van der Waals surface area contributed by atoms with Crippen molar-refractivity contribution in [2.75, 3.05) is 6.79 Å². The summed E-state index contributed by atoms with van der Waals surface area (Å²) in [6.07, 6.45) is 3.97. The van der Waals surface area contributed by atoms with Gasteiger partial charge in [0.15, 0.2) is 6.79 Å². The lowest BCUT2D eigenvalue weighted by Crippen LogP contribution is -2.05. The summed E-state index contributed by atoms with van der Waals surface area (Å²) in [5.74, 6) is -0.527. The summed E-state index contributed by atoms with van der Waals surface area (Å²) >= 11 is 0. The summed E-state index contributed by atoms with van der Waals surface area (Å²) in [5, 5.41) is 8.51. The van der Waals surface area contributed by atoms with Crippen molar-refractivity contribution in [2.24, 2.45) is 0 Å². The summed E-state index contributed by atoms with van der Waals surface area (Å²) < 4.78 is 4.50. The first kappa shape index (κ1) is 13.1. The van der Waals surface area contributed by atoms with Crippen LogP contribution in [0.5, 0.6) is 0 Å². The second kappa shape index (κ2) is 6.52. The van der Waals surface area contributed by atoms with Gasteiger partial charge in [0.05, 0.1) is 5.56 Å². The maximum Gasteiger partial charge on any atom is 0.340 e. The van der Waals surface area contributed by atoms with Crippen LogP contribution >= 0.6 is 0 Å². The van der Waals surface area contributed by atoms with Crippen LogP contribution in [0.3, 0.4) is 0 Å². The molecule has 96 valence electrons. The summed E-state index contributed by atoms with van der Waals surface area (Å²) in [7, 11) is 0. The molecule has 0 aromatic heterocycles. The van der Waals surface area contributed by atoms with Gasteiger partial charge in [-0.1, -0.05) is 54.6 Å². The number of carbonyl (C=O) groups excluding carboxylic acids is 1. The van der Waals surface area contributed by atoms with Crippen molar-refractivity contribution in [2.45, 2.75) is 0 Å². The number of rotatable bonds is 4. The molecule has 0 aliphatic carbocycles. The maximum atomic E-state index is 11.3. The lowest BCUT2D eigenvalue weighted by molar-refractivity contribution is 0.00684. The van der Waals surface area contributed by atoms with E-state index < -0.39 is 12.8 Å². The third kappa shape index (κ3) is 3.79. The van der Waals surface area contributed by atoms with Crippen LogP contribution < -0.4 is 0 Å². The molecule has 2 rings (SSSR count). The van der Waals surface area contributed by atoms with E-state index in [-0.39, 0.29) is 0 Å². The first-order valence-electron chi connectivity index (χ1n) is 5.91. The molecule has 0 amide bonds. The molecular weight excluding hydrogens is 240 g/mol. The molecule has 0 atom stereocenters. The molecule has 0 saturated heterocycles. The zero-order valence-electron chi connectivity index (χ0n) is 10.3. The lowest BCUT2D eigenvalue weighted by Gasteiger charge is -2.01. The molecular formula is C16H14O3. The zero-order chi connectivity index (χ0) is 13.5. The summed E-state index contributed by atoms with van der Waals surface area (Å²) in [6, 6.07) is 17.0. The van der Waals surface area contributed by atoms with Crippen LogP contribution in [-0.4, -0.2) is 17.9 Å². The molecule has 0 aliphatic rings. The average Bonchev–Trinajstić information content (AvgIpc) is 2.47. The van der Waals surface area contributed by atoms with Gasteiger partial charge in [-0.15, -0.1) is 0 Å². The van der Waals surface area contributed by atoms with Crippen molar-refractivity contribution >= 4 is 18.1 Å². The molecule has 0 unspecified atom stereocenters. The summed E-state index contributed by atoms with van der Waals surface area (Å²) in [5.41, 5.74) is 2.53. The summed E-state index contributed by atoms with van der Waals surface area (Å²) in [6.45, 7) is -0.603. The Labute approximate surface area is 111 Å². The molecule has 0 saturated carbocycles. The van der Waals surface area contributed by atoms with Gasteiger partial charge in [0.2, 0.25) is 0 Å². The smallest absolute Gasteiger partial charge is 0.340 e. The second-order valence-electron chi connectivity index (χ2n) is 3.93. The molecule has 0 heterocycles. The van der Waals surface area contributed by atoms with Crippen molar-refractivity contribution in [3.8, 4) is 0 Å². The van der Waals surface area contributed by atoms with E-state index >= 15 is 0 Å². The van der Waals surface area contributed by atoms with Crippen LogP contribution in [0, 0.1) is 0 Å². The Morgan fingerprint density at radius 1 is 0.947 bits per heavy atom. The molecule has 0 spiro atoms. The Morgan fingerprint density at radius 3 is 2.11 bits per heavy atom. The van der Waals surface area contributed by atoms with Crippen molar-refractivity contribution in [3.63, 3.8) is 0 Å². The minimum absolute atomic E-state index is 0.422. The van der Waals surface area contributed by atoms with E-state index in [1.54, 1.807) is 12.1 Å². The van der Waals surface area contributed by atoms with E-state index in [9.17, 15) is 4.79 Å². The van der Waals surface area contributed by atoms with Gasteiger partial charge >= 0.3 is 5.97 Å². The molecule has 3 nitrogen and oxygen atoms in total. The number of aliphatic hydroxyl groups is 1. The Kier molecular flexibility index (Phi) is 4.48. The highest BCUT2D eigenvalue weighted by Crippen LogP contribution is 2.10. The first-order chi connectivity index (χ1) is 9.29. The zero-order valence-corrected chi connectivity index (χ0v) is 10.3. The molecule has 0 aliphatic heterocycles. The molecule has 0 fully saturated rings. The van der Waals surface area contributed by atoms with Gasteiger partial charge < -0.3 is 9.84 Å². The Hall–Kier alpha value is -2.39. The number of carbonyl (C=O) groups is 1. The summed E-state index contributed by atoms with van der Waals surface area (Å²) in [4.78, 5) is 11.3. The first-order valence-corrected chi connectivity index (χ1v) is 5.91. The average molecular weight is 254 g/mol. The van der Waals surface area contributed by atoms with Crippen LogP contribution in [0.4, 0.5) is 0 Å². The van der Waals surface area contributed by atoms with Gasteiger partial charge in [-0.2, -0.15) is 0 Å². The number of aliphatic hydroxyl groups excluding tert-OH is 1. The van der Waals surface area contributed by atoms with Gasteiger partial charge in [0, 0.05) is 0 Å². The van der Waals surface area contributed by atoms with Crippen LogP contribution in [-0.2, 0) is 4.74 Å². The minimum atomic E-state index is -0.603. The molecule has 2 aromatic rings. The Bertz CT molecular complexity index is 556. The minimum Gasteiger partial charge on any atom is -0.435 e. The molecule has 2 aromatic carbocycles. The SMILES string of the molecule is O=C(OCO)c1ccc(C=Cc2ccccc2)cc1. The van der Waals surface area contributed by atoms with E-state index in [4.69, 9.17) is 5.11 Å². The number of ether oxygens (including phenoxy) is 1. The second-order valence-corrected chi connectivity index (χ2v) is 3.93. The fraction of sp³-hybridized carbons (Fsp3) is 0.0625. The fourth-order valence-electron chi connectivity index (χ4n) is 1.63. The highest BCUT2D eigenvalue weighted by molar-refractivity contribution is 5.89. The normalized spacial score (nSPS) is 10.6. The number of hydrogen-bond donors (Lipinski definition) is 1. The molecule has 19 heavy (non-hydrogen) atoms. The van der Waals surface area contributed by atoms with E-state index in [1.807, 2.05) is 54.6 Å². The standard InChI is InChI=1S/C16H14O3/c17-12-19-16(18)15-10-8-14(9-11-15)7-6-13-4-2-1-3-5-13/h1-11,17H,12H2. The maximum absolute atomic E-state index is 11.3. The monoisotopic (exact) mass is 254 g/mol. The topological polar surface area (TPSA) is 46.5 Å². The van der Waals surface area contributed by atoms with Crippen molar-refractivity contribution < 1.29 is 14.6 Å². The van der Waals surface area contributed by atoms with Crippen molar-refractivity contribution in [1.82, 2.24) is 0 Å². The van der Waals surface area contributed by atoms with E-state index in [0.717, 1.165) is 11.1 Å². The number of benzene rings is 2. The number of esters is 1. The van der Waals surface area contributed by atoms with Crippen molar-refractivity contribution in [1.29, 1.82) is 0 Å².